The molecule has 0 radical (unpaired) electrons. The Morgan fingerprint density at radius 1 is 0.962 bits per heavy atom. The van der Waals surface area contributed by atoms with E-state index in [0.29, 0.717) is 12.1 Å². The second-order valence-electron chi connectivity index (χ2n) is 6.07. The zero-order chi connectivity index (χ0) is 18.8. The van der Waals surface area contributed by atoms with Gasteiger partial charge in [0.15, 0.2) is 0 Å². The SMILES string of the molecule is CCN(CC)CCCNC(=O)c1ccc(Nc2ccc(OC)cc2)cc1. The van der Waals surface area contributed by atoms with E-state index in [0.717, 1.165) is 43.2 Å². The fraction of sp³-hybridized carbons (Fsp3) is 0.381. The monoisotopic (exact) mass is 355 g/mol. The maximum atomic E-state index is 12.2. The van der Waals surface area contributed by atoms with Gasteiger partial charge >= 0.3 is 0 Å². The first-order chi connectivity index (χ1) is 12.7. The summed E-state index contributed by atoms with van der Waals surface area (Å²) >= 11 is 0. The quantitative estimate of drug-likeness (QED) is 0.635. The van der Waals surface area contributed by atoms with Crippen LogP contribution in [0.5, 0.6) is 5.75 Å². The minimum atomic E-state index is -0.0273. The van der Waals surface area contributed by atoms with Gasteiger partial charge < -0.3 is 20.3 Å². The van der Waals surface area contributed by atoms with E-state index in [-0.39, 0.29) is 5.91 Å². The Balaban J connectivity index is 1.81. The molecule has 26 heavy (non-hydrogen) atoms. The van der Waals surface area contributed by atoms with Crippen molar-refractivity contribution in [1.82, 2.24) is 10.2 Å². The van der Waals surface area contributed by atoms with Crippen molar-refractivity contribution in [2.24, 2.45) is 0 Å². The van der Waals surface area contributed by atoms with E-state index in [2.05, 4.69) is 29.4 Å². The minimum Gasteiger partial charge on any atom is -0.497 e. The molecule has 1 amide bonds. The van der Waals surface area contributed by atoms with Gasteiger partial charge in [-0.1, -0.05) is 13.8 Å². The lowest BCUT2D eigenvalue weighted by Gasteiger charge is -2.17. The van der Waals surface area contributed by atoms with Gasteiger partial charge in [0.25, 0.3) is 5.91 Å². The second kappa shape index (κ2) is 10.5. The van der Waals surface area contributed by atoms with Crippen LogP contribution in [0.3, 0.4) is 0 Å². The third-order valence-electron chi connectivity index (χ3n) is 4.36. The number of amides is 1. The van der Waals surface area contributed by atoms with Gasteiger partial charge in [0.05, 0.1) is 7.11 Å². The number of rotatable bonds is 10. The van der Waals surface area contributed by atoms with E-state index in [4.69, 9.17) is 4.74 Å². The molecule has 0 atom stereocenters. The third-order valence-corrected chi connectivity index (χ3v) is 4.36. The van der Waals surface area contributed by atoms with Crippen LogP contribution in [0.1, 0.15) is 30.6 Å². The number of ether oxygens (including phenoxy) is 1. The lowest BCUT2D eigenvalue weighted by molar-refractivity contribution is 0.0952. The highest BCUT2D eigenvalue weighted by molar-refractivity contribution is 5.94. The van der Waals surface area contributed by atoms with Crippen molar-refractivity contribution in [2.75, 3.05) is 38.6 Å². The summed E-state index contributed by atoms with van der Waals surface area (Å²) in [4.78, 5) is 14.6. The highest BCUT2D eigenvalue weighted by Gasteiger charge is 2.05. The van der Waals surface area contributed by atoms with E-state index in [9.17, 15) is 4.79 Å². The molecule has 0 bridgehead atoms. The van der Waals surface area contributed by atoms with Crippen molar-refractivity contribution in [3.63, 3.8) is 0 Å². The first-order valence-corrected chi connectivity index (χ1v) is 9.18. The zero-order valence-electron chi connectivity index (χ0n) is 15.9. The van der Waals surface area contributed by atoms with Gasteiger partial charge in [0.2, 0.25) is 0 Å². The van der Waals surface area contributed by atoms with Crippen LogP contribution in [0, 0.1) is 0 Å². The standard InChI is InChI=1S/C21H29N3O2/c1-4-24(5-2)16-6-15-22-21(25)17-7-9-18(10-8-17)23-19-11-13-20(26-3)14-12-19/h7-14,23H,4-6,15-16H2,1-3H3,(H,22,25). The van der Waals surface area contributed by atoms with Gasteiger partial charge in [-0.25, -0.2) is 0 Å². The number of carbonyl (C=O) groups excluding carboxylic acids is 1. The summed E-state index contributed by atoms with van der Waals surface area (Å²) in [6.45, 7) is 8.12. The van der Waals surface area contributed by atoms with Crippen molar-refractivity contribution in [2.45, 2.75) is 20.3 Å². The molecule has 2 rings (SSSR count). The van der Waals surface area contributed by atoms with Gasteiger partial charge in [0, 0.05) is 23.5 Å². The van der Waals surface area contributed by atoms with Crippen LogP contribution in [-0.2, 0) is 0 Å². The van der Waals surface area contributed by atoms with Crippen LogP contribution in [0.4, 0.5) is 11.4 Å². The number of carbonyl (C=O) groups is 1. The maximum Gasteiger partial charge on any atom is 0.251 e. The van der Waals surface area contributed by atoms with Crippen LogP contribution < -0.4 is 15.4 Å². The number of anilines is 2. The van der Waals surface area contributed by atoms with Crippen molar-refractivity contribution >= 4 is 17.3 Å². The number of hydrogen-bond donors (Lipinski definition) is 2. The molecule has 2 N–H and O–H groups in total. The van der Waals surface area contributed by atoms with Crippen LogP contribution >= 0.6 is 0 Å². The van der Waals surface area contributed by atoms with Gasteiger partial charge in [0.1, 0.15) is 5.75 Å². The maximum absolute atomic E-state index is 12.2. The molecule has 5 heteroatoms. The molecule has 0 saturated heterocycles. The van der Waals surface area contributed by atoms with E-state index >= 15 is 0 Å². The number of nitrogens with zero attached hydrogens (tertiary/aromatic N) is 1. The Kier molecular flexibility index (Phi) is 7.96. The molecular weight excluding hydrogens is 326 g/mol. The summed E-state index contributed by atoms with van der Waals surface area (Å²) in [7, 11) is 1.65. The molecule has 0 fully saturated rings. The normalized spacial score (nSPS) is 10.6. The number of nitrogens with one attached hydrogen (secondary N) is 2. The zero-order valence-corrected chi connectivity index (χ0v) is 15.9. The average molecular weight is 355 g/mol. The Morgan fingerprint density at radius 3 is 2.08 bits per heavy atom. The number of methoxy groups -OCH3 is 1. The molecule has 5 nitrogen and oxygen atoms in total. The fourth-order valence-corrected chi connectivity index (χ4v) is 2.69. The molecule has 0 unspecified atom stereocenters. The highest BCUT2D eigenvalue weighted by atomic mass is 16.5. The second-order valence-corrected chi connectivity index (χ2v) is 6.07. The Bertz CT molecular complexity index is 665. The molecule has 0 aliphatic heterocycles. The highest BCUT2D eigenvalue weighted by Crippen LogP contribution is 2.20. The summed E-state index contributed by atoms with van der Waals surface area (Å²) in [6.07, 6.45) is 0.963. The van der Waals surface area contributed by atoms with Crippen molar-refractivity contribution in [3.8, 4) is 5.75 Å². The largest absolute Gasteiger partial charge is 0.497 e. The number of hydrogen-bond acceptors (Lipinski definition) is 4. The van der Waals surface area contributed by atoms with Gasteiger partial charge in [-0.2, -0.15) is 0 Å². The molecule has 0 heterocycles. The van der Waals surface area contributed by atoms with Gasteiger partial charge in [-0.05, 0) is 74.6 Å². The first-order valence-electron chi connectivity index (χ1n) is 9.18. The lowest BCUT2D eigenvalue weighted by Crippen LogP contribution is -2.29. The first kappa shape index (κ1) is 19.8. The molecule has 2 aromatic carbocycles. The Labute approximate surface area is 156 Å². The summed E-state index contributed by atoms with van der Waals surface area (Å²) in [6, 6.07) is 15.2. The molecule has 0 spiro atoms. The molecular formula is C21H29N3O2. The average Bonchev–Trinajstić information content (AvgIpc) is 2.69. The third kappa shape index (κ3) is 6.08. The Hall–Kier alpha value is -2.53. The van der Waals surface area contributed by atoms with E-state index in [1.807, 2.05) is 48.5 Å². The summed E-state index contributed by atoms with van der Waals surface area (Å²) in [5.74, 6) is 0.795. The topological polar surface area (TPSA) is 53.6 Å². The van der Waals surface area contributed by atoms with Gasteiger partial charge in [-0.15, -0.1) is 0 Å². The fourth-order valence-electron chi connectivity index (χ4n) is 2.69. The van der Waals surface area contributed by atoms with E-state index < -0.39 is 0 Å². The number of benzene rings is 2. The molecule has 2 aromatic rings. The van der Waals surface area contributed by atoms with Crippen molar-refractivity contribution in [1.29, 1.82) is 0 Å². The predicted molar refractivity (Wildman–Crippen MR) is 107 cm³/mol. The van der Waals surface area contributed by atoms with E-state index in [1.165, 1.54) is 0 Å². The van der Waals surface area contributed by atoms with Crippen LogP contribution in [-0.4, -0.2) is 44.1 Å². The Morgan fingerprint density at radius 2 is 1.54 bits per heavy atom. The molecule has 0 saturated carbocycles. The molecule has 140 valence electrons. The van der Waals surface area contributed by atoms with Crippen LogP contribution in [0.2, 0.25) is 0 Å². The lowest BCUT2D eigenvalue weighted by atomic mass is 10.2. The predicted octanol–water partition coefficient (Wildman–Crippen LogP) is 3.90. The molecule has 0 aliphatic carbocycles. The summed E-state index contributed by atoms with van der Waals surface area (Å²) in [5, 5.41) is 6.29. The minimum absolute atomic E-state index is 0.0273. The molecule has 0 aliphatic rings. The smallest absolute Gasteiger partial charge is 0.251 e. The van der Waals surface area contributed by atoms with Crippen LogP contribution in [0.15, 0.2) is 48.5 Å². The van der Waals surface area contributed by atoms with Crippen molar-refractivity contribution in [3.05, 3.63) is 54.1 Å². The van der Waals surface area contributed by atoms with Crippen molar-refractivity contribution < 1.29 is 9.53 Å². The summed E-state index contributed by atoms with van der Waals surface area (Å²) < 4.78 is 5.15. The molecule has 0 aromatic heterocycles. The van der Waals surface area contributed by atoms with Crippen LogP contribution in [0.25, 0.3) is 0 Å². The summed E-state index contributed by atoms with van der Waals surface area (Å²) in [5.41, 5.74) is 2.58. The van der Waals surface area contributed by atoms with Gasteiger partial charge in [-0.3, -0.25) is 4.79 Å². The van der Waals surface area contributed by atoms with E-state index in [1.54, 1.807) is 7.11 Å².